The third kappa shape index (κ3) is 5.34. The number of hydrogen-bond donors (Lipinski definition) is 0. The molecular formula is C10H8Cl3F3O. The van der Waals surface area contributed by atoms with E-state index in [0.29, 0.717) is 15.6 Å². The molecule has 17 heavy (non-hydrogen) atoms. The van der Waals surface area contributed by atoms with Crippen LogP contribution < -0.4 is 0 Å². The zero-order chi connectivity index (χ0) is 13.1. The molecule has 0 fully saturated rings. The van der Waals surface area contributed by atoms with Gasteiger partial charge in [-0.15, -0.1) is 11.6 Å². The average Bonchev–Trinajstić information content (AvgIpc) is 2.15. The Labute approximate surface area is 111 Å². The van der Waals surface area contributed by atoms with Crippen LogP contribution in [0.5, 0.6) is 0 Å². The molecule has 0 radical (unpaired) electrons. The Bertz CT molecular complexity index is 382. The van der Waals surface area contributed by atoms with Crippen LogP contribution >= 0.6 is 34.8 Å². The van der Waals surface area contributed by atoms with Crippen molar-refractivity contribution in [3.05, 3.63) is 33.8 Å². The lowest BCUT2D eigenvalue weighted by atomic mass is 10.1. The smallest absolute Gasteiger partial charge is 0.370 e. The molecule has 0 aromatic heterocycles. The van der Waals surface area contributed by atoms with Gasteiger partial charge in [-0.2, -0.15) is 13.2 Å². The van der Waals surface area contributed by atoms with E-state index in [9.17, 15) is 13.2 Å². The van der Waals surface area contributed by atoms with Crippen LogP contribution in [0.25, 0.3) is 0 Å². The minimum absolute atomic E-state index is 0.275. The Balaban J connectivity index is 2.55. The highest BCUT2D eigenvalue weighted by Crippen LogP contribution is 2.30. The molecule has 0 spiro atoms. The van der Waals surface area contributed by atoms with Crippen LogP contribution in [0.2, 0.25) is 10.0 Å². The summed E-state index contributed by atoms with van der Waals surface area (Å²) in [5, 5.41) is -0.0194. The highest BCUT2D eigenvalue weighted by atomic mass is 35.5. The molecule has 0 saturated heterocycles. The maximum absolute atomic E-state index is 11.8. The van der Waals surface area contributed by atoms with E-state index in [1.54, 1.807) is 12.1 Å². The summed E-state index contributed by atoms with van der Waals surface area (Å²) in [5.74, 6) is 0. The Kier molecular flexibility index (Phi) is 5.38. The van der Waals surface area contributed by atoms with E-state index in [1.165, 1.54) is 6.07 Å². The fraction of sp³-hybridized carbons (Fsp3) is 0.400. The first kappa shape index (κ1) is 14.9. The van der Waals surface area contributed by atoms with Gasteiger partial charge in [0.1, 0.15) is 6.61 Å². The molecule has 1 atom stereocenters. The minimum atomic E-state index is -4.36. The van der Waals surface area contributed by atoms with Crippen molar-refractivity contribution in [1.29, 1.82) is 0 Å². The monoisotopic (exact) mass is 306 g/mol. The summed E-state index contributed by atoms with van der Waals surface area (Å²) in [6, 6.07) is 4.58. The number of rotatable bonds is 4. The Hall–Kier alpha value is -0.160. The van der Waals surface area contributed by atoms with Crippen LogP contribution in [0.1, 0.15) is 10.9 Å². The van der Waals surface area contributed by atoms with E-state index in [-0.39, 0.29) is 6.61 Å². The second-order valence-electron chi connectivity index (χ2n) is 3.26. The third-order valence-corrected chi connectivity index (χ3v) is 2.75. The second-order valence-corrected chi connectivity index (χ2v) is 4.63. The lowest BCUT2D eigenvalue weighted by molar-refractivity contribution is -0.173. The van der Waals surface area contributed by atoms with Crippen LogP contribution in [0.3, 0.4) is 0 Å². The molecule has 1 unspecified atom stereocenters. The molecule has 0 aliphatic heterocycles. The zero-order valence-corrected chi connectivity index (χ0v) is 10.7. The first-order valence-corrected chi connectivity index (χ1v) is 5.72. The molecule has 1 rings (SSSR count). The molecule has 1 nitrogen and oxygen atoms in total. The lowest BCUT2D eigenvalue weighted by Crippen LogP contribution is -2.18. The normalized spacial score (nSPS) is 13.8. The van der Waals surface area contributed by atoms with Crippen molar-refractivity contribution in [2.45, 2.75) is 11.6 Å². The van der Waals surface area contributed by atoms with Crippen molar-refractivity contribution in [3.8, 4) is 0 Å². The molecule has 1 aromatic rings. The van der Waals surface area contributed by atoms with Gasteiger partial charge in [0.2, 0.25) is 0 Å². The van der Waals surface area contributed by atoms with Gasteiger partial charge in [0.05, 0.1) is 12.0 Å². The van der Waals surface area contributed by atoms with Gasteiger partial charge in [0, 0.05) is 10.0 Å². The lowest BCUT2D eigenvalue weighted by Gasteiger charge is -2.13. The summed E-state index contributed by atoms with van der Waals surface area (Å²) >= 11 is 17.4. The third-order valence-electron chi connectivity index (χ3n) is 1.83. The van der Waals surface area contributed by atoms with Crippen molar-refractivity contribution in [1.82, 2.24) is 0 Å². The second kappa shape index (κ2) is 6.14. The summed E-state index contributed by atoms with van der Waals surface area (Å²) in [7, 11) is 0. The maximum atomic E-state index is 11.8. The molecular weight excluding hydrogens is 299 g/mol. The van der Waals surface area contributed by atoms with Crippen molar-refractivity contribution in [2.75, 3.05) is 13.2 Å². The van der Waals surface area contributed by atoms with E-state index < -0.39 is 18.2 Å². The van der Waals surface area contributed by atoms with Crippen molar-refractivity contribution < 1.29 is 17.9 Å². The van der Waals surface area contributed by atoms with E-state index in [0.717, 1.165) is 0 Å². The summed E-state index contributed by atoms with van der Waals surface area (Å²) < 4.78 is 39.9. The Morgan fingerprint density at radius 3 is 2.41 bits per heavy atom. The first-order valence-electron chi connectivity index (χ1n) is 4.53. The molecule has 0 aliphatic carbocycles. The van der Waals surface area contributed by atoms with Crippen LogP contribution in [0, 0.1) is 0 Å². The molecule has 0 saturated carbocycles. The molecule has 96 valence electrons. The number of hydrogen-bond acceptors (Lipinski definition) is 1. The van der Waals surface area contributed by atoms with Gasteiger partial charge in [-0.3, -0.25) is 0 Å². The largest absolute Gasteiger partial charge is 0.411 e. The summed E-state index contributed by atoms with van der Waals surface area (Å²) in [5.41, 5.74) is 0.486. The zero-order valence-electron chi connectivity index (χ0n) is 8.40. The standard InChI is InChI=1S/C10H8Cl3F3O/c11-6-1-2-7(8(12)3-6)9(13)4-17-5-10(14,15)16/h1-3,9H,4-5H2. The molecule has 7 heteroatoms. The predicted octanol–water partition coefficient (Wildman–Crippen LogP) is 4.85. The quantitative estimate of drug-likeness (QED) is 0.722. The Morgan fingerprint density at radius 2 is 1.88 bits per heavy atom. The van der Waals surface area contributed by atoms with Gasteiger partial charge in [-0.1, -0.05) is 29.3 Å². The average molecular weight is 308 g/mol. The maximum Gasteiger partial charge on any atom is 0.411 e. The minimum Gasteiger partial charge on any atom is -0.370 e. The van der Waals surface area contributed by atoms with Gasteiger partial charge in [0.25, 0.3) is 0 Å². The van der Waals surface area contributed by atoms with Gasteiger partial charge in [-0.05, 0) is 17.7 Å². The number of alkyl halides is 4. The number of benzene rings is 1. The molecule has 0 bridgehead atoms. The highest BCUT2D eigenvalue weighted by Gasteiger charge is 2.28. The molecule has 0 aliphatic rings. The molecule has 1 aromatic carbocycles. The van der Waals surface area contributed by atoms with E-state index in [1.807, 2.05) is 0 Å². The predicted molar refractivity (Wildman–Crippen MR) is 61.9 cm³/mol. The van der Waals surface area contributed by atoms with Crippen molar-refractivity contribution in [2.24, 2.45) is 0 Å². The summed E-state index contributed by atoms with van der Waals surface area (Å²) in [4.78, 5) is 0. The molecule has 0 heterocycles. The summed E-state index contributed by atoms with van der Waals surface area (Å²) in [6.45, 7) is -1.61. The van der Waals surface area contributed by atoms with E-state index in [4.69, 9.17) is 34.8 Å². The van der Waals surface area contributed by atoms with Crippen LogP contribution in [-0.2, 0) is 4.74 Å². The highest BCUT2D eigenvalue weighted by molar-refractivity contribution is 6.35. The van der Waals surface area contributed by atoms with E-state index >= 15 is 0 Å². The van der Waals surface area contributed by atoms with Crippen molar-refractivity contribution >= 4 is 34.8 Å². The van der Waals surface area contributed by atoms with Gasteiger partial charge < -0.3 is 4.74 Å². The fourth-order valence-electron chi connectivity index (χ4n) is 1.12. The number of halogens is 6. The summed E-state index contributed by atoms with van der Waals surface area (Å²) in [6.07, 6.45) is -4.36. The topological polar surface area (TPSA) is 9.23 Å². The van der Waals surface area contributed by atoms with Crippen LogP contribution in [-0.4, -0.2) is 19.4 Å². The van der Waals surface area contributed by atoms with Crippen LogP contribution in [0.15, 0.2) is 18.2 Å². The van der Waals surface area contributed by atoms with Crippen LogP contribution in [0.4, 0.5) is 13.2 Å². The molecule has 0 N–H and O–H groups in total. The van der Waals surface area contributed by atoms with Gasteiger partial charge >= 0.3 is 6.18 Å². The van der Waals surface area contributed by atoms with Gasteiger partial charge in [-0.25, -0.2) is 0 Å². The first-order chi connectivity index (χ1) is 7.79. The number of ether oxygens (including phenoxy) is 1. The fourth-order valence-corrected chi connectivity index (χ4v) is 2.00. The van der Waals surface area contributed by atoms with E-state index in [2.05, 4.69) is 4.74 Å². The van der Waals surface area contributed by atoms with Gasteiger partial charge in [0.15, 0.2) is 0 Å². The van der Waals surface area contributed by atoms with Crippen molar-refractivity contribution in [3.63, 3.8) is 0 Å². The molecule has 0 amide bonds. The Morgan fingerprint density at radius 1 is 1.24 bits per heavy atom. The SMILES string of the molecule is FC(F)(F)COCC(Cl)c1ccc(Cl)cc1Cl.